The number of nitro benzene ring substituents is 1. The molecule has 0 fully saturated rings. The Morgan fingerprint density at radius 1 is 1.07 bits per heavy atom. The minimum atomic E-state index is -0.752. The van der Waals surface area contributed by atoms with Crippen molar-refractivity contribution < 1.29 is 28.8 Å². The second kappa shape index (κ2) is 10.8. The number of esters is 1. The molecule has 0 unspecified atom stereocenters. The van der Waals surface area contributed by atoms with Crippen molar-refractivity contribution in [1.29, 1.82) is 0 Å². The lowest BCUT2D eigenvalue weighted by atomic mass is 10.2. The van der Waals surface area contributed by atoms with Crippen LogP contribution in [0.1, 0.15) is 12.8 Å². The monoisotopic (exact) mass is 435 g/mol. The van der Waals surface area contributed by atoms with Gasteiger partial charge in [-0.05, 0) is 24.3 Å². The number of halogens is 1. The molecule has 0 aliphatic carbocycles. The molecule has 11 heteroatoms. The fraction of sp³-hybridized carbons (Fsp3) is 0.211. The number of hydrogen-bond donors (Lipinski definition) is 2. The van der Waals surface area contributed by atoms with Crippen LogP contribution in [-0.4, -0.2) is 36.4 Å². The summed E-state index contributed by atoms with van der Waals surface area (Å²) in [6.07, 6.45) is -0.431. The topological polar surface area (TPSA) is 137 Å². The molecule has 2 aromatic rings. The van der Waals surface area contributed by atoms with Crippen LogP contribution in [0.15, 0.2) is 42.5 Å². The third-order valence-corrected chi connectivity index (χ3v) is 3.93. The van der Waals surface area contributed by atoms with Gasteiger partial charge in [0.15, 0.2) is 6.61 Å². The van der Waals surface area contributed by atoms with Gasteiger partial charge in [0.1, 0.15) is 5.75 Å². The normalized spacial score (nSPS) is 10.1. The number of ether oxygens (including phenoxy) is 2. The van der Waals surface area contributed by atoms with Crippen LogP contribution in [-0.2, 0) is 19.1 Å². The average molecular weight is 436 g/mol. The van der Waals surface area contributed by atoms with E-state index in [1.165, 1.54) is 37.4 Å². The van der Waals surface area contributed by atoms with Crippen molar-refractivity contribution in [2.24, 2.45) is 0 Å². The molecule has 0 saturated carbocycles. The smallest absolute Gasteiger partial charge is 0.306 e. The van der Waals surface area contributed by atoms with E-state index in [9.17, 15) is 24.5 Å². The molecule has 0 aromatic heterocycles. The van der Waals surface area contributed by atoms with Crippen molar-refractivity contribution in [1.82, 2.24) is 0 Å². The highest BCUT2D eigenvalue weighted by Crippen LogP contribution is 2.27. The summed E-state index contributed by atoms with van der Waals surface area (Å²) < 4.78 is 9.92. The number of benzene rings is 2. The first-order valence-electron chi connectivity index (χ1n) is 8.62. The number of carbonyl (C=O) groups is 3. The molecule has 2 N–H and O–H groups in total. The number of hydrogen-bond acceptors (Lipinski definition) is 7. The van der Waals surface area contributed by atoms with Crippen molar-refractivity contribution in [2.45, 2.75) is 12.8 Å². The van der Waals surface area contributed by atoms with E-state index in [4.69, 9.17) is 21.1 Å². The van der Waals surface area contributed by atoms with Gasteiger partial charge in [0.2, 0.25) is 5.91 Å². The maximum absolute atomic E-state index is 12.0. The van der Waals surface area contributed by atoms with Crippen molar-refractivity contribution in [2.75, 3.05) is 24.4 Å². The molecule has 0 spiro atoms. The van der Waals surface area contributed by atoms with Crippen molar-refractivity contribution in [3.8, 4) is 5.75 Å². The summed E-state index contributed by atoms with van der Waals surface area (Å²) >= 11 is 5.89. The van der Waals surface area contributed by atoms with Crippen LogP contribution in [0.5, 0.6) is 5.75 Å². The van der Waals surface area contributed by atoms with Gasteiger partial charge >= 0.3 is 5.97 Å². The van der Waals surface area contributed by atoms with Crippen LogP contribution in [0.4, 0.5) is 17.1 Å². The molecule has 0 radical (unpaired) electrons. The highest BCUT2D eigenvalue weighted by Gasteiger charge is 2.13. The Morgan fingerprint density at radius 2 is 1.83 bits per heavy atom. The Morgan fingerprint density at radius 3 is 2.53 bits per heavy atom. The van der Waals surface area contributed by atoms with Crippen molar-refractivity contribution in [3.05, 3.63) is 57.6 Å². The molecule has 2 rings (SSSR count). The van der Waals surface area contributed by atoms with E-state index in [0.29, 0.717) is 16.5 Å². The van der Waals surface area contributed by atoms with E-state index in [0.717, 1.165) is 0 Å². The lowest BCUT2D eigenvalue weighted by molar-refractivity contribution is -0.384. The third-order valence-electron chi connectivity index (χ3n) is 3.70. The van der Waals surface area contributed by atoms with Crippen LogP contribution in [0.3, 0.4) is 0 Å². The Kier molecular flexibility index (Phi) is 8.12. The number of amides is 2. The van der Waals surface area contributed by atoms with Gasteiger partial charge in [-0.1, -0.05) is 17.7 Å². The summed E-state index contributed by atoms with van der Waals surface area (Å²) in [6, 6.07) is 10.0. The highest BCUT2D eigenvalue weighted by molar-refractivity contribution is 6.31. The maximum atomic E-state index is 12.0. The van der Waals surface area contributed by atoms with Gasteiger partial charge < -0.3 is 20.1 Å². The Balaban J connectivity index is 1.76. The number of carbonyl (C=O) groups excluding carboxylic acids is 3. The second-order valence-electron chi connectivity index (χ2n) is 5.91. The largest absolute Gasteiger partial charge is 0.495 e. The lowest BCUT2D eigenvalue weighted by Crippen LogP contribution is -2.21. The zero-order valence-corrected chi connectivity index (χ0v) is 16.6. The summed E-state index contributed by atoms with van der Waals surface area (Å²) in [5, 5.41) is 16.1. The molecule has 0 aliphatic rings. The molecule has 2 amide bonds. The number of nitrogens with one attached hydrogen (secondary N) is 2. The molecule has 158 valence electrons. The molecular formula is C19H18ClN3O7. The van der Waals surface area contributed by atoms with Gasteiger partial charge in [-0.15, -0.1) is 0 Å². The minimum absolute atomic E-state index is 0.180. The summed E-state index contributed by atoms with van der Waals surface area (Å²) in [5.74, 6) is -1.48. The Bertz CT molecular complexity index is 965. The van der Waals surface area contributed by atoms with Crippen LogP contribution >= 0.6 is 11.6 Å². The van der Waals surface area contributed by atoms with Crippen molar-refractivity contribution in [3.63, 3.8) is 0 Å². The number of rotatable bonds is 9. The molecule has 0 saturated heterocycles. The van der Waals surface area contributed by atoms with Gasteiger partial charge in [0, 0.05) is 29.3 Å². The minimum Gasteiger partial charge on any atom is -0.495 e. The van der Waals surface area contributed by atoms with Crippen LogP contribution in [0.2, 0.25) is 5.02 Å². The summed E-state index contributed by atoms with van der Waals surface area (Å²) in [4.78, 5) is 45.7. The maximum Gasteiger partial charge on any atom is 0.306 e. The molecule has 0 heterocycles. The fourth-order valence-electron chi connectivity index (χ4n) is 2.32. The van der Waals surface area contributed by atoms with E-state index in [1.807, 2.05) is 0 Å². The zero-order chi connectivity index (χ0) is 22.1. The second-order valence-corrected chi connectivity index (χ2v) is 6.35. The number of methoxy groups -OCH3 is 1. The van der Waals surface area contributed by atoms with E-state index in [1.54, 1.807) is 12.1 Å². The first-order valence-corrected chi connectivity index (χ1v) is 8.99. The first-order chi connectivity index (χ1) is 14.3. The number of nitro groups is 1. The number of anilines is 2. The SMILES string of the molecule is COc1ccc(Cl)cc1NC(=O)CCC(=O)OCC(=O)Nc1cccc([N+](=O)[O-])c1. The molecule has 30 heavy (non-hydrogen) atoms. The van der Waals surface area contributed by atoms with E-state index in [-0.39, 0.29) is 24.2 Å². The Hall–Kier alpha value is -3.66. The molecular weight excluding hydrogens is 418 g/mol. The number of nitrogens with zero attached hydrogens (tertiary/aromatic N) is 1. The molecule has 0 aliphatic heterocycles. The van der Waals surface area contributed by atoms with Crippen molar-refractivity contribution >= 4 is 46.4 Å². The van der Waals surface area contributed by atoms with Crippen LogP contribution in [0, 0.1) is 10.1 Å². The van der Waals surface area contributed by atoms with Gasteiger partial charge in [0.25, 0.3) is 11.6 Å². The summed E-state index contributed by atoms with van der Waals surface area (Å²) in [7, 11) is 1.44. The van der Waals surface area contributed by atoms with Crippen LogP contribution < -0.4 is 15.4 Å². The third kappa shape index (κ3) is 7.06. The Labute approximate surface area is 176 Å². The molecule has 2 aromatic carbocycles. The van der Waals surface area contributed by atoms with E-state index < -0.39 is 29.3 Å². The zero-order valence-electron chi connectivity index (χ0n) is 15.8. The van der Waals surface area contributed by atoms with Gasteiger partial charge in [-0.2, -0.15) is 0 Å². The van der Waals surface area contributed by atoms with Gasteiger partial charge in [-0.25, -0.2) is 0 Å². The number of non-ortho nitro benzene ring substituents is 1. The van der Waals surface area contributed by atoms with E-state index >= 15 is 0 Å². The highest BCUT2D eigenvalue weighted by atomic mass is 35.5. The van der Waals surface area contributed by atoms with Gasteiger partial charge in [0.05, 0.1) is 24.1 Å². The summed E-state index contributed by atoms with van der Waals surface area (Å²) in [6.45, 7) is -0.592. The molecule has 0 atom stereocenters. The summed E-state index contributed by atoms with van der Waals surface area (Å²) in [5.41, 5.74) is 0.368. The van der Waals surface area contributed by atoms with E-state index in [2.05, 4.69) is 10.6 Å². The first kappa shape index (κ1) is 22.6. The molecule has 10 nitrogen and oxygen atoms in total. The molecule has 0 bridgehead atoms. The average Bonchev–Trinajstić information content (AvgIpc) is 2.71. The standard InChI is InChI=1S/C19H18ClN3O7/c1-29-16-6-5-12(20)9-15(16)22-17(24)7-8-19(26)30-11-18(25)21-13-3-2-4-14(10-13)23(27)28/h2-6,9-10H,7-8,11H2,1H3,(H,21,25)(H,22,24). The predicted molar refractivity (Wildman–Crippen MR) is 109 cm³/mol. The van der Waals surface area contributed by atoms with Crippen LogP contribution in [0.25, 0.3) is 0 Å². The van der Waals surface area contributed by atoms with Gasteiger partial charge in [-0.3, -0.25) is 24.5 Å². The lowest BCUT2D eigenvalue weighted by Gasteiger charge is -2.10. The quantitative estimate of drug-likeness (QED) is 0.350. The predicted octanol–water partition coefficient (Wildman–Crippen LogP) is 3.16. The fourth-order valence-corrected chi connectivity index (χ4v) is 2.49.